The van der Waals surface area contributed by atoms with Crippen molar-refractivity contribution < 1.29 is 17.9 Å². The van der Waals surface area contributed by atoms with Crippen LogP contribution >= 0.6 is 0 Å². The highest BCUT2D eigenvalue weighted by Crippen LogP contribution is 2.20. The molecule has 2 aromatic rings. The molecule has 3 rings (SSSR count). The lowest BCUT2D eigenvalue weighted by molar-refractivity contribution is -0.137. The van der Waals surface area contributed by atoms with Gasteiger partial charge in [-0.05, 0) is 42.7 Å². The summed E-state index contributed by atoms with van der Waals surface area (Å²) in [5, 5.41) is 0. The van der Waals surface area contributed by atoms with Gasteiger partial charge in [0.2, 0.25) is 15.9 Å². The molecule has 0 saturated carbocycles. The molecule has 7 heteroatoms. The first kappa shape index (κ1) is 20.5. The third kappa shape index (κ3) is 4.79. The number of carbonyl (C=O) groups is 1. The average molecular weight is 403 g/mol. The quantitative estimate of drug-likeness (QED) is 0.744. The first-order valence-corrected chi connectivity index (χ1v) is 10.8. The predicted molar refractivity (Wildman–Crippen MR) is 107 cm³/mol. The zero-order valence-electron chi connectivity index (χ0n) is 16.3. The largest absolute Gasteiger partial charge is 0.367 e. The summed E-state index contributed by atoms with van der Waals surface area (Å²) in [6, 6.07) is 14.9. The van der Waals surface area contributed by atoms with Crippen LogP contribution in [0, 0.1) is 13.8 Å². The first-order valence-electron chi connectivity index (χ1n) is 9.35. The van der Waals surface area contributed by atoms with E-state index >= 15 is 0 Å². The molecule has 1 heterocycles. The Hall–Kier alpha value is -2.22. The van der Waals surface area contributed by atoms with Gasteiger partial charge >= 0.3 is 0 Å². The lowest BCUT2D eigenvalue weighted by Crippen LogP contribution is -2.51. The van der Waals surface area contributed by atoms with Gasteiger partial charge in [0.1, 0.15) is 6.61 Å². The normalized spacial score (nSPS) is 15.6. The van der Waals surface area contributed by atoms with Crippen LogP contribution in [-0.4, -0.2) is 56.3 Å². The summed E-state index contributed by atoms with van der Waals surface area (Å²) in [5.74, 6) is -0.112. The molecule has 0 bridgehead atoms. The number of rotatable bonds is 6. The van der Waals surface area contributed by atoms with E-state index in [4.69, 9.17) is 4.74 Å². The van der Waals surface area contributed by atoms with Gasteiger partial charge in [-0.15, -0.1) is 0 Å². The van der Waals surface area contributed by atoms with E-state index in [-0.39, 0.29) is 12.5 Å². The van der Waals surface area contributed by atoms with Crippen LogP contribution in [0.3, 0.4) is 0 Å². The van der Waals surface area contributed by atoms with Crippen LogP contribution < -0.4 is 0 Å². The van der Waals surface area contributed by atoms with Gasteiger partial charge in [-0.3, -0.25) is 4.79 Å². The number of amides is 1. The molecule has 0 radical (unpaired) electrons. The molecule has 0 atom stereocenters. The smallest absolute Gasteiger partial charge is 0.248 e. The number of aryl methyl sites for hydroxylation is 2. The van der Waals surface area contributed by atoms with Crippen molar-refractivity contribution in [3.05, 3.63) is 65.2 Å². The van der Waals surface area contributed by atoms with Crippen molar-refractivity contribution in [1.29, 1.82) is 0 Å². The molecule has 1 fully saturated rings. The minimum Gasteiger partial charge on any atom is -0.367 e. The Morgan fingerprint density at radius 1 is 0.964 bits per heavy atom. The van der Waals surface area contributed by atoms with E-state index < -0.39 is 10.0 Å². The van der Waals surface area contributed by atoms with Crippen LogP contribution in [0.25, 0.3) is 0 Å². The number of carbonyl (C=O) groups excluding carboxylic acids is 1. The highest BCUT2D eigenvalue weighted by molar-refractivity contribution is 7.89. The van der Waals surface area contributed by atoms with Gasteiger partial charge in [-0.1, -0.05) is 36.4 Å². The molecular weight excluding hydrogens is 376 g/mol. The second kappa shape index (κ2) is 8.86. The average Bonchev–Trinajstić information content (AvgIpc) is 2.71. The van der Waals surface area contributed by atoms with Gasteiger partial charge in [0.25, 0.3) is 0 Å². The Kier molecular flexibility index (Phi) is 6.49. The molecule has 1 aliphatic rings. The number of hydrogen-bond donors (Lipinski definition) is 0. The minimum atomic E-state index is -3.54. The molecule has 0 unspecified atom stereocenters. The van der Waals surface area contributed by atoms with E-state index in [1.807, 2.05) is 50.2 Å². The molecule has 1 saturated heterocycles. The van der Waals surface area contributed by atoms with Crippen molar-refractivity contribution in [3.8, 4) is 0 Å². The van der Waals surface area contributed by atoms with Gasteiger partial charge in [-0.25, -0.2) is 8.42 Å². The van der Waals surface area contributed by atoms with Crippen molar-refractivity contribution in [1.82, 2.24) is 9.21 Å². The molecule has 6 nitrogen and oxygen atoms in total. The fourth-order valence-corrected chi connectivity index (χ4v) is 4.63. The number of sulfonamides is 1. The summed E-state index contributed by atoms with van der Waals surface area (Å²) >= 11 is 0. The molecule has 2 aromatic carbocycles. The van der Waals surface area contributed by atoms with Gasteiger partial charge in [0.15, 0.2) is 0 Å². The Labute approximate surface area is 166 Å². The van der Waals surface area contributed by atoms with Crippen LogP contribution in [0.5, 0.6) is 0 Å². The van der Waals surface area contributed by atoms with Crippen molar-refractivity contribution in [2.24, 2.45) is 0 Å². The molecule has 0 aromatic heterocycles. The fourth-order valence-electron chi connectivity index (χ4n) is 3.12. The maximum absolute atomic E-state index is 12.9. The monoisotopic (exact) mass is 402 g/mol. The van der Waals surface area contributed by atoms with Crippen molar-refractivity contribution in [3.63, 3.8) is 0 Å². The molecule has 28 heavy (non-hydrogen) atoms. The third-order valence-corrected chi connectivity index (χ3v) is 6.94. The summed E-state index contributed by atoms with van der Waals surface area (Å²) in [5.41, 5.74) is 3.02. The predicted octanol–water partition coefficient (Wildman–Crippen LogP) is 2.35. The zero-order chi connectivity index (χ0) is 20.1. The molecule has 0 N–H and O–H groups in total. The number of ether oxygens (including phenoxy) is 1. The van der Waals surface area contributed by atoms with Crippen molar-refractivity contribution in [2.45, 2.75) is 25.3 Å². The van der Waals surface area contributed by atoms with Crippen LogP contribution in [0.2, 0.25) is 0 Å². The summed E-state index contributed by atoms with van der Waals surface area (Å²) < 4.78 is 32.7. The van der Waals surface area contributed by atoms with E-state index in [1.165, 1.54) is 4.31 Å². The SMILES string of the molecule is Cc1ccc(S(=O)(=O)N2CCN(C(=O)COCc3ccccc3)CC2)cc1C. The number of benzene rings is 2. The Morgan fingerprint density at radius 2 is 1.64 bits per heavy atom. The van der Waals surface area contributed by atoms with E-state index in [2.05, 4.69) is 0 Å². The maximum Gasteiger partial charge on any atom is 0.248 e. The van der Waals surface area contributed by atoms with Crippen LogP contribution in [0.4, 0.5) is 0 Å². The Balaban J connectivity index is 1.52. The molecule has 0 aliphatic carbocycles. The maximum atomic E-state index is 12.9. The summed E-state index contributed by atoms with van der Waals surface area (Å²) in [4.78, 5) is 14.3. The summed E-state index contributed by atoms with van der Waals surface area (Å²) in [7, 11) is -3.54. The Bertz CT molecular complexity index is 921. The molecule has 0 spiro atoms. The summed E-state index contributed by atoms with van der Waals surface area (Å²) in [6.45, 7) is 5.57. The van der Waals surface area contributed by atoms with Crippen molar-refractivity contribution >= 4 is 15.9 Å². The van der Waals surface area contributed by atoms with Crippen LogP contribution in [0.1, 0.15) is 16.7 Å². The lowest BCUT2D eigenvalue weighted by atomic mass is 10.1. The van der Waals surface area contributed by atoms with E-state index in [9.17, 15) is 13.2 Å². The van der Waals surface area contributed by atoms with E-state index in [0.717, 1.165) is 16.7 Å². The van der Waals surface area contributed by atoms with Crippen LogP contribution in [-0.2, 0) is 26.2 Å². The van der Waals surface area contributed by atoms with E-state index in [1.54, 1.807) is 17.0 Å². The van der Waals surface area contributed by atoms with Gasteiger partial charge < -0.3 is 9.64 Å². The lowest BCUT2D eigenvalue weighted by Gasteiger charge is -2.34. The molecule has 1 aliphatic heterocycles. The first-order chi connectivity index (χ1) is 13.4. The fraction of sp³-hybridized carbons (Fsp3) is 0.381. The van der Waals surface area contributed by atoms with Crippen LogP contribution in [0.15, 0.2) is 53.4 Å². The number of nitrogens with zero attached hydrogens (tertiary/aromatic N) is 2. The molecule has 1 amide bonds. The van der Waals surface area contributed by atoms with Gasteiger partial charge in [0.05, 0.1) is 11.5 Å². The second-order valence-corrected chi connectivity index (χ2v) is 8.95. The Morgan fingerprint density at radius 3 is 2.29 bits per heavy atom. The number of piperazine rings is 1. The van der Waals surface area contributed by atoms with Gasteiger partial charge in [-0.2, -0.15) is 4.31 Å². The zero-order valence-corrected chi connectivity index (χ0v) is 17.1. The van der Waals surface area contributed by atoms with E-state index in [0.29, 0.717) is 37.7 Å². The highest BCUT2D eigenvalue weighted by Gasteiger charge is 2.30. The standard InChI is InChI=1S/C21H26N2O4S/c1-17-8-9-20(14-18(17)2)28(25,26)23-12-10-22(11-13-23)21(24)16-27-15-19-6-4-3-5-7-19/h3-9,14H,10-13,15-16H2,1-2H3. The second-order valence-electron chi connectivity index (χ2n) is 7.01. The van der Waals surface area contributed by atoms with Gasteiger partial charge in [0, 0.05) is 26.2 Å². The topological polar surface area (TPSA) is 66.9 Å². The van der Waals surface area contributed by atoms with Crippen molar-refractivity contribution in [2.75, 3.05) is 32.8 Å². The number of hydrogen-bond acceptors (Lipinski definition) is 4. The molecule has 150 valence electrons. The third-order valence-electron chi connectivity index (χ3n) is 5.04. The molecular formula is C21H26N2O4S. The highest BCUT2D eigenvalue weighted by atomic mass is 32.2. The summed E-state index contributed by atoms with van der Waals surface area (Å²) in [6.07, 6.45) is 0. The minimum absolute atomic E-state index is 0.00119.